The highest BCUT2D eigenvalue weighted by atomic mass is 16.5. The highest BCUT2D eigenvalue weighted by molar-refractivity contribution is 5.98. The van der Waals surface area contributed by atoms with Crippen LogP contribution < -0.4 is 0 Å². The molecule has 0 aliphatic carbocycles. The molecule has 1 aliphatic heterocycles. The first-order valence-electron chi connectivity index (χ1n) is 8.97. The summed E-state index contributed by atoms with van der Waals surface area (Å²) in [5.74, 6) is 0.837. The van der Waals surface area contributed by atoms with Gasteiger partial charge in [0, 0.05) is 42.2 Å². The van der Waals surface area contributed by atoms with E-state index in [2.05, 4.69) is 27.3 Å². The lowest BCUT2D eigenvalue weighted by Gasteiger charge is -2.17. The summed E-state index contributed by atoms with van der Waals surface area (Å²) >= 11 is 0. The Labute approximate surface area is 155 Å². The summed E-state index contributed by atoms with van der Waals surface area (Å²) in [6.45, 7) is 1.20. The molecule has 2 aromatic carbocycles. The molecule has 1 amide bonds. The van der Waals surface area contributed by atoms with Gasteiger partial charge in [0.2, 0.25) is 6.39 Å². The molecule has 27 heavy (non-hydrogen) atoms. The van der Waals surface area contributed by atoms with Crippen LogP contribution in [-0.2, 0) is 0 Å². The Bertz CT molecular complexity index is 1070. The van der Waals surface area contributed by atoms with Crippen LogP contribution in [0.25, 0.3) is 10.9 Å². The molecule has 3 heterocycles. The van der Waals surface area contributed by atoms with E-state index in [0.29, 0.717) is 24.5 Å². The Balaban J connectivity index is 1.47. The van der Waals surface area contributed by atoms with E-state index >= 15 is 0 Å². The molecule has 0 bridgehead atoms. The molecule has 4 aromatic rings. The molecule has 134 valence electrons. The van der Waals surface area contributed by atoms with Crippen molar-refractivity contribution in [1.29, 1.82) is 0 Å². The van der Waals surface area contributed by atoms with Gasteiger partial charge in [-0.3, -0.25) is 4.79 Å². The van der Waals surface area contributed by atoms with Crippen LogP contribution in [0.15, 0.2) is 71.7 Å². The molecule has 1 aliphatic rings. The number of rotatable bonds is 3. The number of H-pyrrole nitrogens is 1. The SMILES string of the molecule is O=C(c1ccc2cc[nH]c2c1)N1C[C@@H](c2ccccc2)[C@H](c2ncon2)C1. The fraction of sp³-hybridized carbons (Fsp3) is 0.190. The third-order valence-electron chi connectivity index (χ3n) is 5.35. The van der Waals surface area contributed by atoms with Gasteiger partial charge in [-0.15, -0.1) is 0 Å². The monoisotopic (exact) mass is 358 g/mol. The maximum atomic E-state index is 13.2. The third-order valence-corrected chi connectivity index (χ3v) is 5.35. The number of likely N-dealkylation sites (tertiary alicyclic amines) is 1. The molecule has 1 N–H and O–H groups in total. The van der Waals surface area contributed by atoms with E-state index in [1.807, 2.05) is 53.6 Å². The van der Waals surface area contributed by atoms with Gasteiger partial charge in [-0.2, -0.15) is 4.98 Å². The number of carbonyl (C=O) groups excluding carboxylic acids is 1. The zero-order valence-corrected chi connectivity index (χ0v) is 14.6. The number of fused-ring (bicyclic) bond motifs is 1. The average Bonchev–Trinajstić information content (AvgIpc) is 3.47. The Morgan fingerprint density at radius 2 is 1.93 bits per heavy atom. The van der Waals surface area contributed by atoms with Crippen molar-refractivity contribution in [2.24, 2.45) is 0 Å². The lowest BCUT2D eigenvalue weighted by atomic mass is 9.88. The predicted molar refractivity (Wildman–Crippen MR) is 100 cm³/mol. The number of hydrogen-bond donors (Lipinski definition) is 1. The lowest BCUT2D eigenvalue weighted by Crippen LogP contribution is -2.28. The fourth-order valence-corrected chi connectivity index (χ4v) is 3.97. The molecule has 0 radical (unpaired) electrons. The van der Waals surface area contributed by atoms with Crippen molar-refractivity contribution in [3.8, 4) is 0 Å². The van der Waals surface area contributed by atoms with Crippen LogP contribution in [0.5, 0.6) is 0 Å². The second kappa shape index (κ2) is 6.39. The van der Waals surface area contributed by atoms with E-state index in [4.69, 9.17) is 4.52 Å². The van der Waals surface area contributed by atoms with Crippen molar-refractivity contribution >= 4 is 16.8 Å². The van der Waals surface area contributed by atoms with Crippen LogP contribution in [0.3, 0.4) is 0 Å². The first-order chi connectivity index (χ1) is 13.3. The lowest BCUT2D eigenvalue weighted by molar-refractivity contribution is 0.0789. The van der Waals surface area contributed by atoms with Gasteiger partial charge in [0.25, 0.3) is 5.91 Å². The Hall–Kier alpha value is -3.41. The van der Waals surface area contributed by atoms with Gasteiger partial charge in [-0.1, -0.05) is 41.6 Å². The van der Waals surface area contributed by atoms with Crippen LogP contribution in [0.1, 0.15) is 33.6 Å². The van der Waals surface area contributed by atoms with Crippen LogP contribution in [0.4, 0.5) is 0 Å². The number of hydrogen-bond acceptors (Lipinski definition) is 4. The molecule has 5 rings (SSSR count). The van der Waals surface area contributed by atoms with E-state index in [9.17, 15) is 4.79 Å². The highest BCUT2D eigenvalue weighted by Crippen LogP contribution is 2.38. The predicted octanol–water partition coefficient (Wildman–Crippen LogP) is 3.57. The van der Waals surface area contributed by atoms with E-state index < -0.39 is 0 Å². The van der Waals surface area contributed by atoms with E-state index in [-0.39, 0.29) is 17.7 Å². The third kappa shape index (κ3) is 2.79. The van der Waals surface area contributed by atoms with Crippen LogP contribution in [0, 0.1) is 0 Å². The van der Waals surface area contributed by atoms with Gasteiger partial charge in [0.05, 0.1) is 0 Å². The summed E-state index contributed by atoms with van der Waals surface area (Å²) < 4.78 is 4.96. The summed E-state index contributed by atoms with van der Waals surface area (Å²) in [6.07, 6.45) is 3.23. The zero-order valence-electron chi connectivity index (χ0n) is 14.6. The fourth-order valence-electron chi connectivity index (χ4n) is 3.97. The second-order valence-electron chi connectivity index (χ2n) is 6.90. The smallest absolute Gasteiger partial charge is 0.253 e. The molecule has 0 saturated carbocycles. The average molecular weight is 358 g/mol. The summed E-state index contributed by atoms with van der Waals surface area (Å²) in [5, 5.41) is 5.14. The van der Waals surface area contributed by atoms with Crippen LogP contribution >= 0.6 is 0 Å². The summed E-state index contributed by atoms with van der Waals surface area (Å²) in [7, 11) is 0. The summed E-state index contributed by atoms with van der Waals surface area (Å²) in [6, 6.07) is 18.0. The summed E-state index contributed by atoms with van der Waals surface area (Å²) in [4.78, 5) is 22.5. The maximum Gasteiger partial charge on any atom is 0.253 e. The van der Waals surface area contributed by atoms with Crippen molar-refractivity contribution in [2.75, 3.05) is 13.1 Å². The first-order valence-corrected chi connectivity index (χ1v) is 8.97. The minimum Gasteiger partial charge on any atom is -0.361 e. The van der Waals surface area contributed by atoms with E-state index in [0.717, 1.165) is 10.9 Å². The molecule has 0 spiro atoms. The normalized spacial score (nSPS) is 19.6. The molecular formula is C21H18N4O2. The molecule has 1 saturated heterocycles. The Morgan fingerprint density at radius 1 is 1.07 bits per heavy atom. The summed E-state index contributed by atoms with van der Waals surface area (Å²) in [5.41, 5.74) is 2.84. The van der Waals surface area contributed by atoms with Crippen molar-refractivity contribution in [3.63, 3.8) is 0 Å². The minimum atomic E-state index is 0.0179. The molecule has 2 atom stereocenters. The minimum absolute atomic E-state index is 0.0179. The molecule has 6 nitrogen and oxygen atoms in total. The maximum absolute atomic E-state index is 13.2. The zero-order chi connectivity index (χ0) is 18.2. The number of carbonyl (C=O) groups is 1. The largest absolute Gasteiger partial charge is 0.361 e. The van der Waals surface area contributed by atoms with Gasteiger partial charge in [0.1, 0.15) is 0 Å². The Morgan fingerprint density at radius 3 is 2.74 bits per heavy atom. The molecule has 1 fully saturated rings. The number of benzene rings is 2. The first kappa shape index (κ1) is 15.8. The van der Waals surface area contributed by atoms with Gasteiger partial charge in [0.15, 0.2) is 5.82 Å². The van der Waals surface area contributed by atoms with Crippen molar-refractivity contribution in [2.45, 2.75) is 11.8 Å². The number of aromatic nitrogens is 3. The van der Waals surface area contributed by atoms with Crippen molar-refractivity contribution in [3.05, 3.63) is 84.1 Å². The number of nitrogens with zero attached hydrogens (tertiary/aromatic N) is 3. The Kier molecular flexibility index (Phi) is 3.74. The topological polar surface area (TPSA) is 75.0 Å². The van der Waals surface area contributed by atoms with E-state index in [1.165, 1.54) is 12.0 Å². The van der Waals surface area contributed by atoms with E-state index in [1.54, 1.807) is 0 Å². The molecular weight excluding hydrogens is 340 g/mol. The van der Waals surface area contributed by atoms with Crippen molar-refractivity contribution in [1.82, 2.24) is 20.0 Å². The standard InChI is InChI=1S/C21H18N4O2/c26-21(16-7-6-15-8-9-22-19(15)10-16)25-11-17(14-4-2-1-3-5-14)18(12-25)20-23-13-27-24-20/h1-10,13,17-18,22H,11-12H2/t17-,18+/m0/s1. The van der Waals surface area contributed by atoms with Crippen LogP contribution in [0.2, 0.25) is 0 Å². The van der Waals surface area contributed by atoms with Gasteiger partial charge in [-0.25, -0.2) is 0 Å². The second-order valence-corrected chi connectivity index (χ2v) is 6.90. The molecule has 0 unspecified atom stereocenters. The molecule has 2 aromatic heterocycles. The molecule has 6 heteroatoms. The highest BCUT2D eigenvalue weighted by Gasteiger charge is 2.39. The van der Waals surface area contributed by atoms with Gasteiger partial charge in [-0.05, 0) is 29.1 Å². The van der Waals surface area contributed by atoms with Crippen LogP contribution in [-0.4, -0.2) is 39.0 Å². The number of amides is 1. The quantitative estimate of drug-likeness (QED) is 0.607. The number of aromatic amines is 1. The van der Waals surface area contributed by atoms with Gasteiger partial charge < -0.3 is 14.4 Å². The van der Waals surface area contributed by atoms with Crippen molar-refractivity contribution < 1.29 is 9.32 Å². The number of nitrogens with one attached hydrogen (secondary N) is 1. The van der Waals surface area contributed by atoms with Gasteiger partial charge >= 0.3 is 0 Å².